The van der Waals surface area contributed by atoms with E-state index in [4.69, 9.17) is 0 Å². The molecule has 0 aliphatic carbocycles. The van der Waals surface area contributed by atoms with Crippen molar-refractivity contribution in [1.82, 2.24) is 5.32 Å². The highest BCUT2D eigenvalue weighted by Crippen LogP contribution is 2.25. The van der Waals surface area contributed by atoms with E-state index < -0.39 is 0 Å². The van der Waals surface area contributed by atoms with Crippen molar-refractivity contribution in [3.05, 3.63) is 35.6 Å². The highest BCUT2D eigenvalue weighted by molar-refractivity contribution is 5.23. The fourth-order valence-corrected chi connectivity index (χ4v) is 2.08. The summed E-state index contributed by atoms with van der Waals surface area (Å²) in [4.78, 5) is 0. The molecular weight excluding hydrogens is 189 g/mol. The molecule has 1 N–H and O–H groups in total. The Morgan fingerprint density at radius 3 is 2.47 bits per heavy atom. The van der Waals surface area contributed by atoms with Crippen molar-refractivity contribution < 1.29 is 4.39 Å². The van der Waals surface area contributed by atoms with E-state index in [0.29, 0.717) is 6.04 Å². The Balaban J connectivity index is 2.87. The average molecular weight is 209 g/mol. The molecule has 0 saturated heterocycles. The van der Waals surface area contributed by atoms with Crippen molar-refractivity contribution in [3.63, 3.8) is 0 Å². The van der Waals surface area contributed by atoms with Gasteiger partial charge in [0.05, 0.1) is 0 Å². The van der Waals surface area contributed by atoms with Crippen LogP contribution in [-0.4, -0.2) is 12.6 Å². The number of nitrogens with one attached hydrogen (secondary N) is 1. The van der Waals surface area contributed by atoms with Gasteiger partial charge in [-0.2, -0.15) is 0 Å². The second-order valence-electron chi connectivity index (χ2n) is 3.88. The third kappa shape index (κ3) is 3.03. The summed E-state index contributed by atoms with van der Waals surface area (Å²) in [5, 5.41) is 3.36. The summed E-state index contributed by atoms with van der Waals surface area (Å²) in [5.74, 6) is 0.167. The smallest absolute Gasteiger partial charge is 0.126 e. The van der Waals surface area contributed by atoms with Crippen molar-refractivity contribution >= 4 is 0 Å². The highest BCUT2D eigenvalue weighted by Gasteiger charge is 2.19. The van der Waals surface area contributed by atoms with Crippen molar-refractivity contribution in [2.75, 3.05) is 6.54 Å². The zero-order valence-electron chi connectivity index (χ0n) is 9.76. The summed E-state index contributed by atoms with van der Waals surface area (Å²) in [7, 11) is 0. The van der Waals surface area contributed by atoms with Gasteiger partial charge in [0.15, 0.2) is 0 Å². The Morgan fingerprint density at radius 2 is 1.93 bits per heavy atom. The predicted molar refractivity (Wildman–Crippen MR) is 62.6 cm³/mol. The largest absolute Gasteiger partial charge is 0.314 e. The van der Waals surface area contributed by atoms with Gasteiger partial charge in [-0.05, 0) is 31.5 Å². The molecule has 0 amide bonds. The second-order valence-corrected chi connectivity index (χ2v) is 3.88. The molecule has 1 aromatic carbocycles. The molecule has 0 aromatic heterocycles. The quantitative estimate of drug-likeness (QED) is 0.784. The van der Waals surface area contributed by atoms with Gasteiger partial charge in [0.1, 0.15) is 5.82 Å². The summed E-state index contributed by atoms with van der Waals surface area (Å²) in [6.45, 7) is 7.21. The van der Waals surface area contributed by atoms with E-state index >= 15 is 0 Å². The SMILES string of the molecule is CCNC(C)C(CC)c1ccccc1F. The molecule has 0 aliphatic heterocycles. The van der Waals surface area contributed by atoms with Crippen molar-refractivity contribution in [2.45, 2.75) is 39.2 Å². The lowest BCUT2D eigenvalue weighted by molar-refractivity contribution is 0.444. The van der Waals surface area contributed by atoms with Gasteiger partial charge in [-0.25, -0.2) is 4.39 Å². The number of benzene rings is 1. The molecule has 84 valence electrons. The fourth-order valence-electron chi connectivity index (χ4n) is 2.08. The van der Waals surface area contributed by atoms with Gasteiger partial charge < -0.3 is 5.32 Å². The van der Waals surface area contributed by atoms with E-state index in [9.17, 15) is 4.39 Å². The first kappa shape index (κ1) is 12.2. The van der Waals surface area contributed by atoms with Crippen LogP contribution in [0.3, 0.4) is 0 Å². The Morgan fingerprint density at radius 1 is 1.27 bits per heavy atom. The average Bonchev–Trinajstić information content (AvgIpc) is 2.22. The number of rotatable bonds is 5. The van der Waals surface area contributed by atoms with E-state index in [1.54, 1.807) is 6.07 Å². The zero-order chi connectivity index (χ0) is 11.3. The first-order valence-corrected chi connectivity index (χ1v) is 5.68. The molecule has 0 fully saturated rings. The van der Waals surface area contributed by atoms with Crippen molar-refractivity contribution in [1.29, 1.82) is 0 Å². The van der Waals surface area contributed by atoms with Crippen LogP contribution in [0.25, 0.3) is 0 Å². The summed E-state index contributed by atoms with van der Waals surface area (Å²) < 4.78 is 13.6. The Labute approximate surface area is 91.7 Å². The third-order valence-corrected chi connectivity index (χ3v) is 2.87. The minimum absolute atomic E-state index is 0.0888. The lowest BCUT2D eigenvalue weighted by Crippen LogP contribution is -2.32. The van der Waals surface area contributed by atoms with Crippen LogP contribution in [0.2, 0.25) is 0 Å². The molecule has 1 aromatic rings. The summed E-state index contributed by atoms with van der Waals surface area (Å²) in [6.07, 6.45) is 0.953. The maximum Gasteiger partial charge on any atom is 0.126 e. The molecule has 0 bridgehead atoms. The summed E-state index contributed by atoms with van der Waals surface area (Å²) in [5.41, 5.74) is 0.827. The van der Waals surface area contributed by atoms with E-state index in [0.717, 1.165) is 18.5 Å². The van der Waals surface area contributed by atoms with Gasteiger partial charge in [-0.3, -0.25) is 0 Å². The van der Waals surface area contributed by atoms with Gasteiger partial charge in [-0.15, -0.1) is 0 Å². The molecule has 1 nitrogen and oxygen atoms in total. The maximum atomic E-state index is 13.6. The molecule has 0 heterocycles. The van der Waals surface area contributed by atoms with Crippen LogP contribution in [0.15, 0.2) is 24.3 Å². The fraction of sp³-hybridized carbons (Fsp3) is 0.538. The van der Waals surface area contributed by atoms with Crippen LogP contribution in [0.4, 0.5) is 4.39 Å². The number of likely N-dealkylation sites (N-methyl/N-ethyl adjacent to an activating group) is 1. The molecule has 2 heteroatoms. The molecule has 15 heavy (non-hydrogen) atoms. The van der Waals surface area contributed by atoms with E-state index in [2.05, 4.69) is 26.1 Å². The first-order chi connectivity index (χ1) is 7.20. The van der Waals surface area contributed by atoms with E-state index in [-0.39, 0.29) is 11.7 Å². The van der Waals surface area contributed by atoms with Crippen LogP contribution >= 0.6 is 0 Å². The Bertz CT molecular complexity index is 298. The Hall–Kier alpha value is -0.890. The van der Waals surface area contributed by atoms with E-state index in [1.165, 1.54) is 6.07 Å². The monoisotopic (exact) mass is 209 g/mol. The molecule has 1 rings (SSSR count). The first-order valence-electron chi connectivity index (χ1n) is 5.68. The standard InChI is InChI=1S/C13H20FN/c1-4-11(10(3)15-5-2)12-8-6-7-9-13(12)14/h6-11,15H,4-5H2,1-3H3. The number of hydrogen-bond acceptors (Lipinski definition) is 1. The van der Waals surface area contributed by atoms with Gasteiger partial charge >= 0.3 is 0 Å². The normalized spacial score (nSPS) is 14.9. The molecule has 0 spiro atoms. The van der Waals surface area contributed by atoms with Crippen LogP contribution < -0.4 is 5.32 Å². The van der Waals surface area contributed by atoms with Crippen LogP contribution in [-0.2, 0) is 0 Å². The van der Waals surface area contributed by atoms with Crippen LogP contribution in [0.1, 0.15) is 38.7 Å². The van der Waals surface area contributed by atoms with Crippen LogP contribution in [0, 0.1) is 5.82 Å². The number of hydrogen-bond donors (Lipinski definition) is 1. The van der Waals surface area contributed by atoms with Crippen LogP contribution in [0.5, 0.6) is 0 Å². The van der Waals surface area contributed by atoms with Gasteiger partial charge in [0.2, 0.25) is 0 Å². The molecule has 2 atom stereocenters. The molecule has 0 radical (unpaired) electrons. The molecule has 0 aliphatic rings. The second kappa shape index (κ2) is 5.86. The summed E-state index contributed by atoms with van der Waals surface area (Å²) in [6, 6.07) is 7.38. The minimum atomic E-state index is -0.0888. The van der Waals surface area contributed by atoms with Crippen molar-refractivity contribution in [3.8, 4) is 0 Å². The third-order valence-electron chi connectivity index (χ3n) is 2.87. The molecular formula is C13H20FN. The minimum Gasteiger partial charge on any atom is -0.314 e. The zero-order valence-corrected chi connectivity index (χ0v) is 9.76. The maximum absolute atomic E-state index is 13.6. The lowest BCUT2D eigenvalue weighted by atomic mass is 9.89. The predicted octanol–water partition coefficient (Wildman–Crippen LogP) is 3.32. The van der Waals surface area contributed by atoms with E-state index in [1.807, 2.05) is 12.1 Å². The Kier molecular flexibility index (Phi) is 4.76. The van der Waals surface area contributed by atoms with Crippen molar-refractivity contribution in [2.24, 2.45) is 0 Å². The highest BCUT2D eigenvalue weighted by atomic mass is 19.1. The summed E-state index contributed by atoms with van der Waals surface area (Å²) >= 11 is 0. The lowest BCUT2D eigenvalue weighted by Gasteiger charge is -2.24. The van der Waals surface area contributed by atoms with Gasteiger partial charge in [0.25, 0.3) is 0 Å². The van der Waals surface area contributed by atoms with Gasteiger partial charge in [0, 0.05) is 12.0 Å². The molecule has 0 saturated carbocycles. The van der Waals surface area contributed by atoms with Gasteiger partial charge in [-0.1, -0.05) is 32.0 Å². The topological polar surface area (TPSA) is 12.0 Å². The number of halogens is 1. The molecule has 2 unspecified atom stereocenters.